The van der Waals surface area contributed by atoms with E-state index in [1.807, 2.05) is 0 Å². The van der Waals surface area contributed by atoms with Gasteiger partial charge in [-0.25, -0.2) is 4.79 Å². The Morgan fingerprint density at radius 2 is 1.25 bits per heavy atom. The fourth-order valence-corrected chi connectivity index (χ4v) is 6.09. The maximum absolute atomic E-state index is 11.2. The lowest BCUT2D eigenvalue weighted by Crippen LogP contribution is -2.52. The van der Waals surface area contributed by atoms with Crippen LogP contribution in [0.5, 0.6) is 0 Å². The minimum atomic E-state index is -0.280. The topological polar surface area (TPSA) is 29.5 Å². The predicted octanol–water partition coefficient (Wildman–Crippen LogP) is 6.12. The molecule has 0 aromatic rings. The smallest absolute Gasteiger partial charge is 0.330 e. The normalized spacial score (nSPS) is 36.8. The van der Waals surface area contributed by atoms with E-state index in [9.17, 15) is 4.79 Å². The van der Waals surface area contributed by atoms with E-state index < -0.39 is 0 Å². The molecule has 3 heteroatoms. The number of esters is 1. The monoisotopic (exact) mass is 389 g/mol. The van der Waals surface area contributed by atoms with E-state index in [0.717, 1.165) is 42.3 Å². The zero-order chi connectivity index (χ0) is 19.9. The van der Waals surface area contributed by atoms with Crippen molar-refractivity contribution in [3.05, 3.63) is 12.7 Å². The fraction of sp³-hybridized carbons (Fsp3) is 0.880. The van der Waals surface area contributed by atoms with Gasteiger partial charge in [0.05, 0.1) is 6.61 Å². The maximum Gasteiger partial charge on any atom is 0.330 e. The van der Waals surface area contributed by atoms with Crippen molar-refractivity contribution in [1.29, 1.82) is 0 Å². The van der Waals surface area contributed by atoms with Crippen molar-refractivity contribution in [3.8, 4) is 0 Å². The zero-order valence-electron chi connectivity index (χ0n) is 18.4. The van der Waals surface area contributed by atoms with Gasteiger partial charge in [-0.05, 0) is 101 Å². The standard InChI is InChI=1S/C25H43NO2/c1-4-25(27)28-18-17-21-9-15-24(16-10-21)26(22-11-5-19(2)6-12-22)23-13-7-20(3)8-14-23/h4,19-24H,1,5-18H2,2-3H3. The first-order valence-electron chi connectivity index (χ1n) is 12.1. The quantitative estimate of drug-likeness (QED) is 0.388. The van der Waals surface area contributed by atoms with Gasteiger partial charge in [-0.15, -0.1) is 0 Å². The van der Waals surface area contributed by atoms with Crippen molar-refractivity contribution in [2.24, 2.45) is 17.8 Å². The Morgan fingerprint density at radius 3 is 1.68 bits per heavy atom. The molecule has 0 N–H and O–H groups in total. The third kappa shape index (κ3) is 6.08. The Bertz CT molecular complexity index is 459. The summed E-state index contributed by atoms with van der Waals surface area (Å²) in [6.07, 6.45) is 19.0. The first kappa shape index (κ1) is 21.9. The lowest BCUT2D eigenvalue weighted by atomic mass is 9.78. The second-order valence-electron chi connectivity index (χ2n) is 10.1. The zero-order valence-corrected chi connectivity index (χ0v) is 18.4. The first-order valence-corrected chi connectivity index (χ1v) is 12.1. The van der Waals surface area contributed by atoms with Crippen molar-refractivity contribution < 1.29 is 9.53 Å². The number of hydrogen-bond donors (Lipinski definition) is 0. The van der Waals surface area contributed by atoms with Crippen LogP contribution in [-0.2, 0) is 9.53 Å². The summed E-state index contributed by atoms with van der Waals surface area (Å²) in [4.78, 5) is 14.3. The molecule has 0 radical (unpaired) electrons. The van der Waals surface area contributed by atoms with Gasteiger partial charge in [-0.2, -0.15) is 0 Å². The highest BCUT2D eigenvalue weighted by Gasteiger charge is 2.37. The van der Waals surface area contributed by atoms with Crippen LogP contribution in [0.15, 0.2) is 12.7 Å². The molecule has 0 bridgehead atoms. The van der Waals surface area contributed by atoms with Gasteiger partial charge in [0.15, 0.2) is 0 Å². The largest absolute Gasteiger partial charge is 0.463 e. The predicted molar refractivity (Wildman–Crippen MR) is 116 cm³/mol. The molecule has 28 heavy (non-hydrogen) atoms. The van der Waals surface area contributed by atoms with Gasteiger partial charge in [-0.1, -0.05) is 20.4 Å². The van der Waals surface area contributed by atoms with Crippen LogP contribution in [-0.4, -0.2) is 35.6 Å². The van der Waals surface area contributed by atoms with Crippen LogP contribution in [0.2, 0.25) is 0 Å². The molecular formula is C25H43NO2. The molecular weight excluding hydrogens is 346 g/mol. The minimum Gasteiger partial charge on any atom is -0.463 e. The van der Waals surface area contributed by atoms with E-state index in [4.69, 9.17) is 4.74 Å². The molecule has 0 saturated heterocycles. The molecule has 0 aliphatic heterocycles. The van der Waals surface area contributed by atoms with Gasteiger partial charge in [0.1, 0.15) is 0 Å². The second kappa shape index (κ2) is 10.8. The van der Waals surface area contributed by atoms with Crippen LogP contribution < -0.4 is 0 Å². The fourth-order valence-electron chi connectivity index (χ4n) is 6.09. The van der Waals surface area contributed by atoms with Crippen LogP contribution in [0, 0.1) is 17.8 Å². The number of carbonyl (C=O) groups is 1. The molecule has 0 aromatic heterocycles. The summed E-state index contributed by atoms with van der Waals surface area (Å²) in [7, 11) is 0. The third-order valence-corrected chi connectivity index (χ3v) is 7.99. The molecule has 0 unspecified atom stereocenters. The van der Waals surface area contributed by atoms with Gasteiger partial charge >= 0.3 is 5.97 Å². The summed E-state index contributed by atoms with van der Waals surface area (Å²) in [5.41, 5.74) is 0. The van der Waals surface area contributed by atoms with Gasteiger partial charge in [-0.3, -0.25) is 4.90 Å². The number of rotatable bonds is 7. The van der Waals surface area contributed by atoms with Crippen LogP contribution in [0.1, 0.15) is 97.3 Å². The molecule has 0 spiro atoms. The maximum atomic E-state index is 11.2. The van der Waals surface area contributed by atoms with Gasteiger partial charge < -0.3 is 4.74 Å². The molecule has 160 valence electrons. The number of carbonyl (C=O) groups excluding carboxylic acids is 1. The van der Waals surface area contributed by atoms with Crippen LogP contribution in [0.25, 0.3) is 0 Å². The number of ether oxygens (including phenoxy) is 1. The highest BCUT2D eigenvalue weighted by molar-refractivity contribution is 5.81. The summed E-state index contributed by atoms with van der Waals surface area (Å²) in [5, 5.41) is 0. The molecule has 3 saturated carbocycles. The van der Waals surface area contributed by atoms with Gasteiger partial charge in [0.2, 0.25) is 0 Å². The van der Waals surface area contributed by atoms with Crippen molar-refractivity contribution in [2.45, 2.75) is 115 Å². The Balaban J connectivity index is 1.53. The molecule has 0 aromatic carbocycles. The lowest BCUT2D eigenvalue weighted by molar-refractivity contribution is -0.138. The lowest BCUT2D eigenvalue weighted by Gasteiger charge is -2.49. The van der Waals surface area contributed by atoms with E-state index in [1.54, 1.807) is 0 Å². The first-order chi connectivity index (χ1) is 13.6. The summed E-state index contributed by atoms with van der Waals surface area (Å²) in [6, 6.07) is 2.47. The minimum absolute atomic E-state index is 0.280. The van der Waals surface area contributed by atoms with Crippen LogP contribution >= 0.6 is 0 Å². The average molecular weight is 390 g/mol. The molecule has 3 nitrogen and oxygen atoms in total. The highest BCUT2D eigenvalue weighted by atomic mass is 16.5. The molecule has 3 fully saturated rings. The van der Waals surface area contributed by atoms with E-state index in [1.165, 1.54) is 83.1 Å². The van der Waals surface area contributed by atoms with E-state index >= 15 is 0 Å². The Morgan fingerprint density at radius 1 is 0.821 bits per heavy atom. The van der Waals surface area contributed by atoms with Gasteiger partial charge in [0.25, 0.3) is 0 Å². The van der Waals surface area contributed by atoms with Gasteiger partial charge in [0, 0.05) is 24.2 Å². The van der Waals surface area contributed by atoms with Crippen molar-refractivity contribution >= 4 is 5.97 Å². The Kier molecular flexibility index (Phi) is 8.44. The van der Waals surface area contributed by atoms with Crippen LogP contribution in [0.4, 0.5) is 0 Å². The van der Waals surface area contributed by atoms with Crippen LogP contribution in [0.3, 0.4) is 0 Å². The van der Waals surface area contributed by atoms with E-state index in [2.05, 4.69) is 25.3 Å². The van der Waals surface area contributed by atoms with Crippen molar-refractivity contribution in [1.82, 2.24) is 4.90 Å². The number of hydrogen-bond acceptors (Lipinski definition) is 3. The van der Waals surface area contributed by atoms with E-state index in [0.29, 0.717) is 6.61 Å². The molecule has 0 heterocycles. The molecule has 3 aliphatic rings. The second-order valence-corrected chi connectivity index (χ2v) is 10.1. The highest BCUT2D eigenvalue weighted by Crippen LogP contribution is 2.39. The Hall–Kier alpha value is -0.830. The Labute approximate surface area is 173 Å². The van der Waals surface area contributed by atoms with E-state index in [-0.39, 0.29) is 5.97 Å². The summed E-state index contributed by atoms with van der Waals surface area (Å²) in [5.74, 6) is 2.31. The summed E-state index contributed by atoms with van der Waals surface area (Å²) < 4.78 is 5.21. The summed E-state index contributed by atoms with van der Waals surface area (Å²) in [6.45, 7) is 8.91. The average Bonchev–Trinajstić information content (AvgIpc) is 2.72. The molecule has 0 atom stereocenters. The SMILES string of the molecule is C=CC(=O)OCCC1CCC(N(C2CCC(C)CC2)C2CCC(C)CC2)CC1. The number of nitrogens with zero attached hydrogens (tertiary/aromatic N) is 1. The van der Waals surface area contributed by atoms with Crippen molar-refractivity contribution in [3.63, 3.8) is 0 Å². The summed E-state index contributed by atoms with van der Waals surface area (Å²) >= 11 is 0. The molecule has 3 aliphatic carbocycles. The third-order valence-electron chi connectivity index (χ3n) is 7.99. The molecule has 3 rings (SSSR count). The van der Waals surface area contributed by atoms with Crippen molar-refractivity contribution in [2.75, 3.05) is 6.61 Å². The molecule has 0 amide bonds.